The third-order valence-electron chi connectivity index (χ3n) is 3.95. The fourth-order valence-corrected chi connectivity index (χ4v) is 2.25. The first kappa shape index (κ1) is 13.9. The highest BCUT2D eigenvalue weighted by Crippen LogP contribution is 2.40. The minimum absolute atomic E-state index is 0.162. The highest BCUT2D eigenvalue weighted by Gasteiger charge is 2.47. The molecule has 19 heavy (non-hydrogen) atoms. The van der Waals surface area contributed by atoms with E-state index < -0.39 is 29.1 Å². The number of hydrogen-bond donors (Lipinski definition) is 2. The first-order valence-corrected chi connectivity index (χ1v) is 6.22. The number of carbonyl (C=O) groups excluding carboxylic acids is 1. The molecule has 0 saturated heterocycles. The summed E-state index contributed by atoms with van der Waals surface area (Å²) in [5.74, 6) is -1.87. The number of aliphatic hydroxyl groups is 1. The average Bonchev–Trinajstić information content (AvgIpc) is 2.34. The van der Waals surface area contributed by atoms with Crippen molar-refractivity contribution in [2.45, 2.75) is 38.8 Å². The Kier molecular flexibility index (Phi) is 3.58. The summed E-state index contributed by atoms with van der Waals surface area (Å²) >= 11 is 0. The van der Waals surface area contributed by atoms with Crippen LogP contribution in [0.25, 0.3) is 0 Å². The maximum atomic E-state index is 13.4. The van der Waals surface area contributed by atoms with E-state index >= 15 is 0 Å². The van der Waals surface area contributed by atoms with Gasteiger partial charge in [0.1, 0.15) is 11.6 Å². The van der Waals surface area contributed by atoms with Gasteiger partial charge in [-0.15, -0.1) is 0 Å². The van der Waals surface area contributed by atoms with Gasteiger partial charge in [-0.2, -0.15) is 0 Å². The number of aliphatic hydroxyl groups excluding tert-OH is 1. The fraction of sp³-hybridized carbons (Fsp3) is 0.500. The molecule has 1 fully saturated rings. The van der Waals surface area contributed by atoms with Crippen molar-refractivity contribution in [1.29, 1.82) is 0 Å². The first-order chi connectivity index (χ1) is 8.82. The second kappa shape index (κ2) is 4.89. The summed E-state index contributed by atoms with van der Waals surface area (Å²) in [6, 6.07) is 3.35. The first-order valence-electron chi connectivity index (χ1n) is 6.22. The summed E-state index contributed by atoms with van der Waals surface area (Å²) in [6.07, 6.45) is -0.317. The quantitative estimate of drug-likeness (QED) is 0.879. The van der Waals surface area contributed by atoms with Crippen molar-refractivity contribution in [2.75, 3.05) is 0 Å². The van der Waals surface area contributed by atoms with E-state index in [9.17, 15) is 18.7 Å². The predicted octanol–water partition coefficient (Wildman–Crippen LogP) is 1.78. The molecule has 0 aromatic heterocycles. The number of benzene rings is 1. The summed E-state index contributed by atoms with van der Waals surface area (Å²) < 4.78 is 26.8. The van der Waals surface area contributed by atoms with Crippen LogP contribution in [0.4, 0.5) is 8.78 Å². The van der Waals surface area contributed by atoms with Crippen LogP contribution in [0.3, 0.4) is 0 Å². The normalized spacial score (nSPS) is 24.7. The van der Waals surface area contributed by atoms with E-state index in [1.165, 1.54) is 6.07 Å². The molecule has 0 bridgehead atoms. The van der Waals surface area contributed by atoms with E-state index in [-0.39, 0.29) is 18.0 Å². The molecule has 3 nitrogen and oxygen atoms in total. The van der Waals surface area contributed by atoms with E-state index in [0.717, 1.165) is 12.1 Å². The lowest BCUT2D eigenvalue weighted by Gasteiger charge is -2.49. The molecular formula is C14H17F2NO2. The largest absolute Gasteiger partial charge is 0.392 e. The molecule has 0 radical (unpaired) electrons. The van der Waals surface area contributed by atoms with E-state index in [2.05, 4.69) is 5.32 Å². The van der Waals surface area contributed by atoms with Gasteiger partial charge in [0.25, 0.3) is 0 Å². The van der Waals surface area contributed by atoms with E-state index in [1.807, 2.05) is 13.8 Å². The number of carbonyl (C=O) groups is 1. The summed E-state index contributed by atoms with van der Waals surface area (Å²) in [5, 5.41) is 12.3. The Morgan fingerprint density at radius 2 is 2.00 bits per heavy atom. The average molecular weight is 269 g/mol. The fourth-order valence-electron chi connectivity index (χ4n) is 2.25. The molecule has 2 N–H and O–H groups in total. The molecule has 1 aliphatic rings. The predicted molar refractivity (Wildman–Crippen MR) is 66.4 cm³/mol. The molecule has 2 atom stereocenters. The van der Waals surface area contributed by atoms with Crippen LogP contribution in [-0.2, 0) is 11.2 Å². The van der Waals surface area contributed by atoms with Crippen LogP contribution in [0.2, 0.25) is 0 Å². The molecule has 0 aliphatic heterocycles. The summed E-state index contributed by atoms with van der Waals surface area (Å²) in [7, 11) is 0. The molecule has 1 aliphatic carbocycles. The van der Waals surface area contributed by atoms with Crippen LogP contribution in [0.1, 0.15) is 25.8 Å². The third kappa shape index (κ3) is 2.61. The lowest BCUT2D eigenvalue weighted by molar-refractivity contribution is -0.128. The van der Waals surface area contributed by atoms with Gasteiger partial charge >= 0.3 is 0 Å². The minimum atomic E-state index is -0.719. The van der Waals surface area contributed by atoms with Crippen LogP contribution in [0, 0.1) is 17.0 Å². The summed E-state index contributed by atoms with van der Waals surface area (Å²) in [4.78, 5) is 11.8. The van der Waals surface area contributed by atoms with Crippen molar-refractivity contribution in [3.05, 3.63) is 35.4 Å². The summed E-state index contributed by atoms with van der Waals surface area (Å²) in [6.45, 7) is 3.69. The van der Waals surface area contributed by atoms with Crippen molar-refractivity contribution in [2.24, 2.45) is 5.41 Å². The van der Waals surface area contributed by atoms with Crippen LogP contribution in [0.5, 0.6) is 0 Å². The van der Waals surface area contributed by atoms with Gasteiger partial charge in [0.2, 0.25) is 5.91 Å². The van der Waals surface area contributed by atoms with Gasteiger partial charge < -0.3 is 10.4 Å². The molecule has 2 rings (SSSR count). The lowest BCUT2D eigenvalue weighted by Crippen LogP contribution is -2.61. The van der Waals surface area contributed by atoms with Crippen molar-refractivity contribution >= 4 is 5.91 Å². The summed E-state index contributed by atoms with van der Waals surface area (Å²) in [5.41, 5.74) is -0.624. The van der Waals surface area contributed by atoms with E-state index in [1.54, 1.807) is 0 Å². The smallest absolute Gasteiger partial charge is 0.224 e. The maximum Gasteiger partial charge on any atom is 0.224 e. The highest BCUT2D eigenvalue weighted by molar-refractivity contribution is 5.79. The Balaban J connectivity index is 1.99. The number of halogens is 2. The van der Waals surface area contributed by atoms with Crippen LogP contribution in [-0.4, -0.2) is 23.2 Å². The Bertz CT molecular complexity index is 482. The molecule has 1 saturated carbocycles. The molecule has 5 heteroatoms. The zero-order valence-electron chi connectivity index (χ0n) is 10.9. The monoisotopic (exact) mass is 269 g/mol. The Labute approximate surface area is 110 Å². The number of nitrogens with one attached hydrogen (secondary N) is 1. The van der Waals surface area contributed by atoms with Gasteiger partial charge in [-0.05, 0) is 18.6 Å². The molecule has 1 aromatic rings. The topological polar surface area (TPSA) is 49.3 Å². The Morgan fingerprint density at radius 3 is 2.47 bits per heavy atom. The molecule has 1 aromatic carbocycles. The zero-order chi connectivity index (χ0) is 14.2. The standard InChI is InChI=1S/C14H17F2NO2/c1-14(2)11(7-12(14)18)17-13(19)6-8-9(15)4-3-5-10(8)16/h3-5,11-12,18H,6-7H2,1-2H3,(H,17,19). The van der Waals surface area contributed by atoms with Crippen LogP contribution in [0.15, 0.2) is 18.2 Å². The van der Waals surface area contributed by atoms with Gasteiger partial charge in [-0.3, -0.25) is 4.79 Å². The second-order valence-corrected chi connectivity index (χ2v) is 5.57. The van der Waals surface area contributed by atoms with Crippen molar-refractivity contribution in [3.8, 4) is 0 Å². The molecule has 104 valence electrons. The van der Waals surface area contributed by atoms with Crippen molar-refractivity contribution in [3.63, 3.8) is 0 Å². The maximum absolute atomic E-state index is 13.4. The Morgan fingerprint density at radius 1 is 1.42 bits per heavy atom. The van der Waals surface area contributed by atoms with Gasteiger partial charge in [-0.25, -0.2) is 8.78 Å². The van der Waals surface area contributed by atoms with E-state index in [4.69, 9.17) is 0 Å². The van der Waals surface area contributed by atoms with Gasteiger partial charge in [0, 0.05) is 17.0 Å². The van der Waals surface area contributed by atoms with Crippen molar-refractivity contribution < 1.29 is 18.7 Å². The van der Waals surface area contributed by atoms with E-state index in [0.29, 0.717) is 6.42 Å². The third-order valence-corrected chi connectivity index (χ3v) is 3.95. The molecule has 1 amide bonds. The van der Waals surface area contributed by atoms with Gasteiger partial charge in [0.15, 0.2) is 0 Å². The SMILES string of the molecule is CC1(C)C(O)CC1NC(=O)Cc1c(F)cccc1F. The highest BCUT2D eigenvalue weighted by atomic mass is 19.1. The minimum Gasteiger partial charge on any atom is -0.392 e. The number of rotatable bonds is 3. The zero-order valence-corrected chi connectivity index (χ0v) is 10.9. The molecule has 0 heterocycles. The van der Waals surface area contributed by atoms with Crippen LogP contribution < -0.4 is 5.32 Å². The van der Waals surface area contributed by atoms with Gasteiger partial charge in [-0.1, -0.05) is 19.9 Å². The molecular weight excluding hydrogens is 252 g/mol. The molecule has 2 unspecified atom stereocenters. The van der Waals surface area contributed by atoms with Gasteiger partial charge in [0.05, 0.1) is 12.5 Å². The number of hydrogen-bond acceptors (Lipinski definition) is 2. The van der Waals surface area contributed by atoms with Crippen molar-refractivity contribution in [1.82, 2.24) is 5.32 Å². The van der Waals surface area contributed by atoms with Crippen LogP contribution >= 0.6 is 0 Å². The second-order valence-electron chi connectivity index (χ2n) is 5.57. The molecule has 0 spiro atoms. The number of amides is 1. The Hall–Kier alpha value is -1.49. The lowest BCUT2D eigenvalue weighted by atomic mass is 9.64.